The van der Waals surface area contributed by atoms with Crippen molar-refractivity contribution in [2.45, 2.75) is 33.4 Å². The summed E-state index contributed by atoms with van der Waals surface area (Å²) in [4.78, 5) is 33.9. The van der Waals surface area contributed by atoms with Crippen LogP contribution in [0.1, 0.15) is 22.6 Å². The zero-order valence-corrected chi connectivity index (χ0v) is 18.0. The molecule has 0 aliphatic carbocycles. The standard InChI is InChI=1S/C23H27N5O3/c1-16-9-10-20(31-3)19(27-16)14-25-21(29)15-28-17(2)13-26-22(23(28)30)24-12-11-18-7-5-4-6-8-18/h4-10,13H,11-12,14-15H2,1-3H3,(H,24,26)(H,25,29). The van der Waals surface area contributed by atoms with Gasteiger partial charge < -0.3 is 15.4 Å². The maximum absolute atomic E-state index is 12.8. The van der Waals surface area contributed by atoms with E-state index in [1.807, 2.05) is 49.4 Å². The molecule has 0 radical (unpaired) electrons. The quantitative estimate of drug-likeness (QED) is 0.550. The van der Waals surface area contributed by atoms with Crippen molar-refractivity contribution in [2.75, 3.05) is 19.0 Å². The van der Waals surface area contributed by atoms with Crippen LogP contribution in [0.3, 0.4) is 0 Å². The second-order valence-corrected chi connectivity index (χ2v) is 7.18. The van der Waals surface area contributed by atoms with Crippen LogP contribution in [-0.4, -0.2) is 34.1 Å². The fraction of sp³-hybridized carbons (Fsp3) is 0.304. The summed E-state index contributed by atoms with van der Waals surface area (Å²) in [5.74, 6) is 0.543. The molecule has 8 nitrogen and oxygen atoms in total. The van der Waals surface area contributed by atoms with E-state index in [0.717, 1.165) is 12.1 Å². The highest BCUT2D eigenvalue weighted by molar-refractivity contribution is 5.75. The molecule has 0 unspecified atom stereocenters. The highest BCUT2D eigenvalue weighted by Crippen LogP contribution is 2.15. The van der Waals surface area contributed by atoms with Gasteiger partial charge in [-0.15, -0.1) is 0 Å². The first-order valence-electron chi connectivity index (χ1n) is 10.1. The van der Waals surface area contributed by atoms with Crippen molar-refractivity contribution >= 4 is 11.7 Å². The normalized spacial score (nSPS) is 10.5. The molecule has 0 saturated carbocycles. The SMILES string of the molecule is COc1ccc(C)nc1CNC(=O)Cn1c(C)cnc(NCCc2ccccc2)c1=O. The van der Waals surface area contributed by atoms with E-state index in [9.17, 15) is 9.59 Å². The van der Waals surface area contributed by atoms with Gasteiger partial charge in [-0.2, -0.15) is 0 Å². The molecule has 0 saturated heterocycles. The first-order chi connectivity index (χ1) is 15.0. The van der Waals surface area contributed by atoms with Crippen LogP contribution in [0.15, 0.2) is 53.5 Å². The zero-order chi connectivity index (χ0) is 22.2. The molecule has 1 aromatic carbocycles. The number of carbonyl (C=O) groups is 1. The minimum atomic E-state index is -0.325. The van der Waals surface area contributed by atoms with Gasteiger partial charge in [-0.25, -0.2) is 4.98 Å². The summed E-state index contributed by atoms with van der Waals surface area (Å²) in [7, 11) is 1.56. The number of aryl methyl sites for hydroxylation is 2. The third-order valence-electron chi connectivity index (χ3n) is 4.85. The van der Waals surface area contributed by atoms with Crippen LogP contribution in [0.5, 0.6) is 5.75 Å². The molecule has 2 N–H and O–H groups in total. The van der Waals surface area contributed by atoms with E-state index in [-0.39, 0.29) is 30.4 Å². The lowest BCUT2D eigenvalue weighted by atomic mass is 10.1. The number of nitrogens with zero attached hydrogens (tertiary/aromatic N) is 3. The molecule has 31 heavy (non-hydrogen) atoms. The van der Waals surface area contributed by atoms with E-state index in [2.05, 4.69) is 20.6 Å². The first kappa shape index (κ1) is 22.0. The molecule has 162 valence electrons. The monoisotopic (exact) mass is 421 g/mol. The third-order valence-corrected chi connectivity index (χ3v) is 4.85. The predicted octanol–water partition coefficient (Wildman–Crippen LogP) is 2.23. The van der Waals surface area contributed by atoms with E-state index in [0.29, 0.717) is 23.7 Å². The molecule has 3 rings (SSSR count). The topological polar surface area (TPSA) is 98.1 Å². The Bertz CT molecular complexity index is 1100. The average molecular weight is 422 g/mol. The number of hydrogen-bond acceptors (Lipinski definition) is 6. The molecule has 2 heterocycles. The van der Waals surface area contributed by atoms with E-state index in [1.54, 1.807) is 20.2 Å². The van der Waals surface area contributed by atoms with Crippen molar-refractivity contribution in [1.29, 1.82) is 0 Å². The van der Waals surface area contributed by atoms with Crippen molar-refractivity contribution in [3.05, 3.63) is 81.7 Å². The molecule has 3 aromatic rings. The summed E-state index contributed by atoms with van der Waals surface area (Å²) in [5.41, 5.74) is 2.92. The van der Waals surface area contributed by atoms with Gasteiger partial charge in [0, 0.05) is 24.1 Å². The molecule has 1 amide bonds. The van der Waals surface area contributed by atoms with E-state index < -0.39 is 0 Å². The number of rotatable bonds is 9. The smallest absolute Gasteiger partial charge is 0.293 e. The van der Waals surface area contributed by atoms with Crippen LogP contribution in [0.4, 0.5) is 5.82 Å². The number of anilines is 1. The van der Waals surface area contributed by atoms with Gasteiger partial charge in [0.15, 0.2) is 5.82 Å². The Morgan fingerprint density at radius 2 is 1.90 bits per heavy atom. The van der Waals surface area contributed by atoms with Crippen molar-refractivity contribution in [3.63, 3.8) is 0 Å². The number of ether oxygens (including phenoxy) is 1. The maximum atomic E-state index is 12.8. The van der Waals surface area contributed by atoms with Crippen LogP contribution >= 0.6 is 0 Å². The number of benzene rings is 1. The molecule has 0 spiro atoms. The number of pyridine rings is 1. The van der Waals surface area contributed by atoms with Crippen LogP contribution in [-0.2, 0) is 24.3 Å². The number of hydrogen-bond donors (Lipinski definition) is 2. The molecule has 8 heteroatoms. The summed E-state index contributed by atoms with van der Waals surface area (Å²) in [6.07, 6.45) is 2.35. The second kappa shape index (κ2) is 10.4. The number of carbonyl (C=O) groups excluding carboxylic acids is 1. The summed E-state index contributed by atoms with van der Waals surface area (Å²) in [6, 6.07) is 13.6. The fourth-order valence-electron chi connectivity index (χ4n) is 3.15. The minimum absolute atomic E-state index is 0.102. The van der Waals surface area contributed by atoms with Gasteiger partial charge in [-0.1, -0.05) is 30.3 Å². The first-order valence-corrected chi connectivity index (χ1v) is 10.1. The van der Waals surface area contributed by atoms with Crippen LogP contribution in [0.25, 0.3) is 0 Å². The summed E-state index contributed by atoms with van der Waals surface area (Å²) < 4.78 is 6.70. The van der Waals surface area contributed by atoms with Crippen LogP contribution < -0.4 is 20.9 Å². The predicted molar refractivity (Wildman–Crippen MR) is 119 cm³/mol. The van der Waals surface area contributed by atoms with Gasteiger partial charge in [0.05, 0.1) is 13.7 Å². The minimum Gasteiger partial charge on any atom is -0.495 e. The van der Waals surface area contributed by atoms with Gasteiger partial charge in [-0.05, 0) is 38.0 Å². The maximum Gasteiger partial charge on any atom is 0.293 e. The van der Waals surface area contributed by atoms with E-state index in [4.69, 9.17) is 4.74 Å². The Labute approximate surface area is 181 Å². The lowest BCUT2D eigenvalue weighted by molar-refractivity contribution is -0.121. The summed E-state index contributed by atoms with van der Waals surface area (Å²) in [5, 5.41) is 5.88. The molecule has 0 aliphatic heterocycles. The molecule has 0 bridgehead atoms. The molecular formula is C23H27N5O3. The molecular weight excluding hydrogens is 394 g/mol. The number of nitrogens with one attached hydrogen (secondary N) is 2. The Hall–Kier alpha value is -3.68. The molecule has 2 aromatic heterocycles. The average Bonchev–Trinajstić information content (AvgIpc) is 2.77. The Morgan fingerprint density at radius 3 is 2.65 bits per heavy atom. The molecule has 0 fully saturated rings. The van der Waals surface area contributed by atoms with Crippen molar-refractivity contribution in [2.24, 2.45) is 0 Å². The van der Waals surface area contributed by atoms with Gasteiger partial charge in [-0.3, -0.25) is 19.1 Å². The van der Waals surface area contributed by atoms with Gasteiger partial charge in [0.2, 0.25) is 5.91 Å². The fourth-order valence-corrected chi connectivity index (χ4v) is 3.15. The van der Waals surface area contributed by atoms with Crippen LogP contribution in [0.2, 0.25) is 0 Å². The summed E-state index contributed by atoms with van der Waals surface area (Å²) >= 11 is 0. The number of methoxy groups -OCH3 is 1. The van der Waals surface area contributed by atoms with E-state index >= 15 is 0 Å². The third kappa shape index (κ3) is 5.91. The molecule has 0 atom stereocenters. The van der Waals surface area contributed by atoms with Gasteiger partial charge in [0.25, 0.3) is 5.56 Å². The molecule has 0 aliphatic rings. The second-order valence-electron chi connectivity index (χ2n) is 7.18. The highest BCUT2D eigenvalue weighted by Gasteiger charge is 2.13. The Morgan fingerprint density at radius 1 is 1.13 bits per heavy atom. The zero-order valence-electron chi connectivity index (χ0n) is 18.0. The van der Waals surface area contributed by atoms with Crippen molar-refractivity contribution in [1.82, 2.24) is 19.9 Å². The van der Waals surface area contributed by atoms with Crippen molar-refractivity contribution in [3.8, 4) is 5.75 Å². The lowest BCUT2D eigenvalue weighted by Crippen LogP contribution is -2.35. The van der Waals surface area contributed by atoms with Gasteiger partial charge >= 0.3 is 0 Å². The highest BCUT2D eigenvalue weighted by atomic mass is 16.5. The lowest BCUT2D eigenvalue weighted by Gasteiger charge is -2.13. The van der Waals surface area contributed by atoms with Gasteiger partial charge in [0.1, 0.15) is 18.0 Å². The van der Waals surface area contributed by atoms with Crippen LogP contribution in [0, 0.1) is 13.8 Å². The Kier molecular flexibility index (Phi) is 7.37. The van der Waals surface area contributed by atoms with E-state index in [1.165, 1.54) is 10.1 Å². The largest absolute Gasteiger partial charge is 0.495 e. The Balaban J connectivity index is 1.63. The van der Waals surface area contributed by atoms with Crippen molar-refractivity contribution < 1.29 is 9.53 Å². The number of aromatic nitrogens is 3. The summed E-state index contributed by atoms with van der Waals surface area (Å²) in [6.45, 7) is 4.30. The number of amides is 1.